The van der Waals surface area contributed by atoms with Crippen LogP contribution in [-0.2, 0) is 4.74 Å². The van der Waals surface area contributed by atoms with Crippen molar-refractivity contribution in [2.24, 2.45) is 0 Å². The number of hydrogen-bond donors (Lipinski definition) is 1. The number of carbonyl (C=O) groups excluding carboxylic acids is 1. The van der Waals surface area contributed by atoms with Crippen LogP contribution in [0, 0.1) is 0 Å². The number of methoxy groups -OCH3 is 1. The lowest BCUT2D eigenvalue weighted by Gasteiger charge is -2.10. The van der Waals surface area contributed by atoms with Gasteiger partial charge in [0.05, 0.1) is 18.8 Å². The second-order valence-corrected chi connectivity index (χ2v) is 3.77. The summed E-state index contributed by atoms with van der Waals surface area (Å²) in [7, 11) is 1.35. The number of ether oxygens (including phenoxy) is 1. The summed E-state index contributed by atoms with van der Waals surface area (Å²) in [6, 6.07) is 6.89. The van der Waals surface area contributed by atoms with Crippen molar-refractivity contribution in [3.63, 3.8) is 0 Å². The van der Waals surface area contributed by atoms with Crippen molar-refractivity contribution in [1.82, 2.24) is 0 Å². The first kappa shape index (κ1) is 12.7. The highest BCUT2D eigenvalue weighted by atomic mass is 16.5. The Kier molecular flexibility index (Phi) is 4.99. The summed E-state index contributed by atoms with van der Waals surface area (Å²) in [6.45, 7) is 2.09. The third-order valence-corrected chi connectivity index (χ3v) is 2.55. The minimum atomic E-state index is -0.438. The Morgan fingerprint density at radius 2 is 2.00 bits per heavy atom. The third kappa shape index (κ3) is 3.35. The second kappa shape index (κ2) is 6.28. The molecule has 0 aliphatic carbocycles. The summed E-state index contributed by atoms with van der Waals surface area (Å²) in [5.74, 6) is -0.352. The van der Waals surface area contributed by atoms with Crippen LogP contribution in [0.25, 0.3) is 0 Å². The van der Waals surface area contributed by atoms with Gasteiger partial charge in [0.25, 0.3) is 0 Å². The minimum absolute atomic E-state index is 0.352. The van der Waals surface area contributed by atoms with Crippen LogP contribution in [-0.4, -0.2) is 18.2 Å². The van der Waals surface area contributed by atoms with E-state index < -0.39 is 6.10 Å². The predicted octanol–water partition coefficient (Wildman–Crippen LogP) is 2.70. The van der Waals surface area contributed by atoms with Gasteiger partial charge in [0.1, 0.15) is 0 Å². The lowest BCUT2D eigenvalue weighted by Crippen LogP contribution is -2.02. The zero-order valence-corrected chi connectivity index (χ0v) is 9.77. The number of carbonyl (C=O) groups is 1. The van der Waals surface area contributed by atoms with Crippen LogP contribution in [0.15, 0.2) is 24.3 Å². The first-order chi connectivity index (χ1) is 7.69. The fraction of sp³-hybridized carbons (Fsp3) is 0.462. The van der Waals surface area contributed by atoms with Gasteiger partial charge in [-0.05, 0) is 24.1 Å². The molecule has 1 unspecified atom stereocenters. The summed E-state index contributed by atoms with van der Waals surface area (Å²) in [6.07, 6.45) is 2.39. The van der Waals surface area contributed by atoms with Crippen molar-refractivity contribution in [3.8, 4) is 0 Å². The Labute approximate surface area is 96.1 Å². The number of esters is 1. The van der Waals surface area contributed by atoms with Gasteiger partial charge in [0.15, 0.2) is 0 Å². The van der Waals surface area contributed by atoms with E-state index in [0.29, 0.717) is 5.56 Å². The lowest BCUT2D eigenvalue weighted by atomic mass is 10.0. The molecule has 0 heterocycles. The zero-order chi connectivity index (χ0) is 12.0. The fourth-order valence-electron chi connectivity index (χ4n) is 1.52. The molecule has 0 aromatic heterocycles. The van der Waals surface area contributed by atoms with Crippen LogP contribution in [0.2, 0.25) is 0 Å². The number of benzene rings is 1. The fourth-order valence-corrected chi connectivity index (χ4v) is 1.52. The first-order valence-corrected chi connectivity index (χ1v) is 5.55. The molecule has 88 valence electrons. The third-order valence-electron chi connectivity index (χ3n) is 2.55. The van der Waals surface area contributed by atoms with Gasteiger partial charge >= 0.3 is 5.97 Å². The van der Waals surface area contributed by atoms with Crippen LogP contribution in [0.3, 0.4) is 0 Å². The molecule has 0 fully saturated rings. The molecule has 3 heteroatoms. The lowest BCUT2D eigenvalue weighted by molar-refractivity contribution is 0.0600. The average molecular weight is 222 g/mol. The van der Waals surface area contributed by atoms with E-state index in [1.165, 1.54) is 7.11 Å². The van der Waals surface area contributed by atoms with Crippen LogP contribution < -0.4 is 0 Å². The SMILES string of the molecule is CCCCC(O)c1ccc(C(=O)OC)cc1. The molecule has 0 radical (unpaired) electrons. The quantitative estimate of drug-likeness (QED) is 0.779. The molecule has 0 aliphatic rings. The van der Waals surface area contributed by atoms with Crippen molar-refractivity contribution in [2.45, 2.75) is 32.3 Å². The molecule has 1 N–H and O–H groups in total. The van der Waals surface area contributed by atoms with E-state index in [1.54, 1.807) is 24.3 Å². The minimum Gasteiger partial charge on any atom is -0.465 e. The predicted molar refractivity (Wildman–Crippen MR) is 62.3 cm³/mol. The van der Waals surface area contributed by atoms with Crippen LogP contribution in [0.4, 0.5) is 0 Å². The van der Waals surface area contributed by atoms with E-state index in [4.69, 9.17) is 0 Å². The molecule has 0 saturated carbocycles. The summed E-state index contributed by atoms with van der Waals surface area (Å²) >= 11 is 0. The molecule has 1 atom stereocenters. The Morgan fingerprint density at radius 1 is 1.38 bits per heavy atom. The van der Waals surface area contributed by atoms with E-state index >= 15 is 0 Å². The van der Waals surface area contributed by atoms with Gasteiger partial charge in [0, 0.05) is 0 Å². The van der Waals surface area contributed by atoms with E-state index in [1.807, 2.05) is 0 Å². The Hall–Kier alpha value is -1.35. The molecular weight excluding hydrogens is 204 g/mol. The molecular formula is C13H18O3. The van der Waals surface area contributed by atoms with Crippen molar-refractivity contribution >= 4 is 5.97 Å². The summed E-state index contributed by atoms with van der Waals surface area (Å²) in [5, 5.41) is 9.82. The van der Waals surface area contributed by atoms with Gasteiger partial charge in [0.2, 0.25) is 0 Å². The van der Waals surface area contributed by atoms with Gasteiger partial charge in [-0.25, -0.2) is 4.79 Å². The second-order valence-electron chi connectivity index (χ2n) is 3.77. The molecule has 0 spiro atoms. The van der Waals surface area contributed by atoms with E-state index in [0.717, 1.165) is 24.8 Å². The first-order valence-electron chi connectivity index (χ1n) is 5.55. The number of aliphatic hydroxyl groups excluding tert-OH is 1. The highest BCUT2D eigenvalue weighted by molar-refractivity contribution is 5.89. The number of hydrogen-bond acceptors (Lipinski definition) is 3. The highest BCUT2D eigenvalue weighted by Crippen LogP contribution is 2.19. The normalized spacial score (nSPS) is 12.2. The number of rotatable bonds is 5. The molecule has 1 aromatic carbocycles. The number of aliphatic hydroxyl groups is 1. The van der Waals surface area contributed by atoms with Crippen molar-refractivity contribution < 1.29 is 14.6 Å². The van der Waals surface area contributed by atoms with Gasteiger partial charge in [-0.1, -0.05) is 31.9 Å². The Bertz CT molecular complexity index is 330. The van der Waals surface area contributed by atoms with Gasteiger partial charge < -0.3 is 9.84 Å². The monoisotopic (exact) mass is 222 g/mol. The van der Waals surface area contributed by atoms with E-state index in [9.17, 15) is 9.90 Å². The van der Waals surface area contributed by atoms with Crippen LogP contribution in [0.1, 0.15) is 48.2 Å². The zero-order valence-electron chi connectivity index (χ0n) is 9.77. The molecule has 0 aliphatic heterocycles. The molecule has 3 nitrogen and oxygen atoms in total. The summed E-state index contributed by atoms with van der Waals surface area (Å²) in [5.41, 5.74) is 1.36. The molecule has 16 heavy (non-hydrogen) atoms. The average Bonchev–Trinajstić information content (AvgIpc) is 2.35. The van der Waals surface area contributed by atoms with Crippen molar-refractivity contribution in [1.29, 1.82) is 0 Å². The largest absolute Gasteiger partial charge is 0.465 e. The maximum atomic E-state index is 11.2. The van der Waals surface area contributed by atoms with Crippen molar-refractivity contribution in [2.75, 3.05) is 7.11 Å². The molecule has 0 amide bonds. The van der Waals surface area contributed by atoms with Gasteiger partial charge in [-0.15, -0.1) is 0 Å². The standard InChI is InChI=1S/C13H18O3/c1-3-4-5-12(14)10-6-8-11(9-7-10)13(15)16-2/h6-9,12,14H,3-5H2,1-2H3. The summed E-state index contributed by atoms with van der Waals surface area (Å²) < 4.78 is 4.60. The Balaban J connectivity index is 2.67. The smallest absolute Gasteiger partial charge is 0.337 e. The van der Waals surface area contributed by atoms with Gasteiger partial charge in [-0.2, -0.15) is 0 Å². The molecule has 0 bridgehead atoms. The number of unbranched alkanes of at least 4 members (excludes halogenated alkanes) is 1. The summed E-state index contributed by atoms with van der Waals surface area (Å²) in [4.78, 5) is 11.2. The maximum absolute atomic E-state index is 11.2. The van der Waals surface area contributed by atoms with Gasteiger partial charge in [-0.3, -0.25) is 0 Å². The molecule has 1 rings (SSSR count). The van der Waals surface area contributed by atoms with Crippen LogP contribution >= 0.6 is 0 Å². The van der Waals surface area contributed by atoms with E-state index in [-0.39, 0.29) is 5.97 Å². The van der Waals surface area contributed by atoms with Crippen LogP contribution in [0.5, 0.6) is 0 Å². The topological polar surface area (TPSA) is 46.5 Å². The molecule has 0 saturated heterocycles. The Morgan fingerprint density at radius 3 is 2.50 bits per heavy atom. The highest BCUT2D eigenvalue weighted by Gasteiger charge is 2.09. The van der Waals surface area contributed by atoms with E-state index in [2.05, 4.69) is 11.7 Å². The maximum Gasteiger partial charge on any atom is 0.337 e. The molecule has 1 aromatic rings. The van der Waals surface area contributed by atoms with Crippen molar-refractivity contribution in [3.05, 3.63) is 35.4 Å².